The maximum atomic E-state index is 9.46. The maximum absolute atomic E-state index is 9.46. The van der Waals surface area contributed by atoms with Gasteiger partial charge in [-0.1, -0.05) is 266 Å². The van der Waals surface area contributed by atoms with Crippen molar-refractivity contribution >= 4 is 193 Å². The van der Waals surface area contributed by atoms with E-state index in [9.17, 15) is 26.3 Å². The molecule has 0 N–H and O–H groups in total. The van der Waals surface area contributed by atoms with Gasteiger partial charge in [0.1, 0.15) is 19.7 Å². The van der Waals surface area contributed by atoms with E-state index in [-0.39, 0.29) is 0 Å². The SMILES string of the molecule is C[Si](C)(c1cccc(-n2c3ccccc3c3ccccc32)c1)c1cccc(-n2c3ccccc3c3ccccc32)c1.N#Cc1ccc2c(c1)c1ccccc1n2-c1cccc(-n2c3ccccc3c3cc(C#N)ccc32)c1.N#Cc1ccc2c(c1)c1ccccc1n2-c1cccc(-n2c3ccccc3c3cc(C#N)ccc32)n1.N#Cc1ccc2c(c1)c1ccccc1n2-c1cccc(-n2c3ccccc3c3ccccc32)c1. The first kappa shape index (κ1) is 86.9. The lowest BCUT2D eigenvalue weighted by atomic mass is 10.1. The van der Waals surface area contributed by atoms with Crippen molar-refractivity contribution in [2.24, 2.45) is 0 Å². The number of benzene rings is 20. The van der Waals surface area contributed by atoms with Gasteiger partial charge in [0.25, 0.3) is 0 Å². The summed E-state index contributed by atoms with van der Waals surface area (Å²) in [6.45, 7) is 4.95. The average Bonchev–Trinajstić information content (AvgIpc) is 1.55. The van der Waals surface area contributed by atoms with Crippen LogP contribution in [0.4, 0.5) is 0 Å². The van der Waals surface area contributed by atoms with Gasteiger partial charge < -0.3 is 27.4 Å². The van der Waals surface area contributed by atoms with E-state index in [0.29, 0.717) is 27.8 Å². The van der Waals surface area contributed by atoms with Crippen molar-refractivity contribution in [3.63, 3.8) is 0 Å². The molecule has 0 aliphatic heterocycles. The van der Waals surface area contributed by atoms with Gasteiger partial charge in [-0.2, -0.15) is 26.3 Å². The number of nitrogens with zero attached hydrogens (tertiary/aromatic N) is 14. The van der Waals surface area contributed by atoms with Gasteiger partial charge in [-0.3, -0.25) is 9.13 Å². The molecule has 0 saturated heterocycles. The number of para-hydroxylation sites is 11. The van der Waals surface area contributed by atoms with Gasteiger partial charge in [-0.25, -0.2) is 4.98 Å². The summed E-state index contributed by atoms with van der Waals surface area (Å²) in [6, 6.07) is 176. The molecule has 9 aromatic heterocycles. The lowest BCUT2D eigenvalue weighted by Gasteiger charge is -2.25. The Labute approximate surface area is 845 Å². The van der Waals surface area contributed by atoms with Crippen LogP contribution in [0.5, 0.6) is 0 Å². The van der Waals surface area contributed by atoms with E-state index in [4.69, 9.17) is 4.98 Å². The number of hydrogen-bond acceptors (Lipinski definition) is 6. The smallest absolute Gasteiger partial charge is 0.140 e. The minimum Gasteiger partial charge on any atom is -0.309 e. The standard InChI is InChI=1S/C38H30N2Si.C32H18N4.C31H17N5.C31H19N3/c1-41(2,29-15-11-13-27(25-29)39-35-21-7-3-17-31(35)32-18-4-8-22-36(32)39)30-16-12-14-28(26-30)40-37-23-9-5-19-33(37)34-20-6-10-24-38(34)40;33-19-21-12-14-31-27(16-21)25-8-1-3-10-29(25)35(31)23-6-5-7-24(18-23)36-30-11-4-2-9-26(30)28-17-22(20-34)13-15-32(28)36;32-18-20-12-14-28-24(16-20)22-6-1-3-8-26(22)35(28)30-10-5-11-31(34-30)36-27-9-4-2-7-23(27)25-17-21(19-33)13-15-29(25)36;32-20-21-16-17-31-27(18-21)26-12-3-6-15-30(26)34(31)23-9-7-8-22(19-23)33-28-13-4-1-10-24(28)25-11-2-5-14-29(25)33/h3-26H,1-2H3;1-18H;1-17H;1-19H. The van der Waals surface area contributed by atoms with E-state index < -0.39 is 8.07 Å². The summed E-state index contributed by atoms with van der Waals surface area (Å²) in [5.74, 6) is 1.59. The Morgan fingerprint density at radius 2 is 0.320 bits per heavy atom. The second-order valence-electron chi connectivity index (χ2n) is 37.7. The van der Waals surface area contributed by atoms with Crippen LogP contribution in [0.1, 0.15) is 27.8 Å². The van der Waals surface area contributed by atoms with Crippen LogP contribution in [0.25, 0.3) is 220 Å². The van der Waals surface area contributed by atoms with Gasteiger partial charge in [-0.15, -0.1) is 0 Å². The number of hydrogen-bond donors (Lipinski definition) is 0. The summed E-state index contributed by atoms with van der Waals surface area (Å²) < 4.78 is 18.3. The van der Waals surface area contributed by atoms with Crippen molar-refractivity contribution in [3.05, 3.63) is 501 Å². The lowest BCUT2D eigenvalue weighted by molar-refractivity contribution is 1.01. The van der Waals surface area contributed by atoms with E-state index in [0.717, 1.165) is 143 Å². The van der Waals surface area contributed by atoms with Crippen LogP contribution in [0.3, 0.4) is 0 Å². The molecule has 0 fully saturated rings. The Kier molecular flexibility index (Phi) is 21.0. The number of aromatic nitrogens is 9. The van der Waals surface area contributed by atoms with Crippen LogP contribution < -0.4 is 10.4 Å². The molecule has 15 heteroatoms. The molecule has 147 heavy (non-hydrogen) atoms. The Bertz CT molecular complexity index is 9840. The highest BCUT2D eigenvalue weighted by molar-refractivity contribution is 7.00. The molecule has 0 saturated carbocycles. The molecule has 0 atom stereocenters. The molecule has 0 spiro atoms. The predicted molar refractivity (Wildman–Crippen MR) is 605 cm³/mol. The number of nitriles is 5. The van der Waals surface area contributed by atoms with Crippen LogP contribution >= 0.6 is 0 Å². The van der Waals surface area contributed by atoms with Gasteiger partial charge in [0.2, 0.25) is 0 Å². The first-order valence-corrected chi connectivity index (χ1v) is 52.0. The van der Waals surface area contributed by atoms with Gasteiger partial charge in [0, 0.05) is 120 Å². The van der Waals surface area contributed by atoms with E-state index in [1.165, 1.54) is 87.2 Å². The van der Waals surface area contributed by atoms with E-state index in [1.54, 1.807) is 0 Å². The van der Waals surface area contributed by atoms with Crippen LogP contribution in [0.15, 0.2) is 473 Å². The summed E-state index contributed by atoms with van der Waals surface area (Å²) in [7, 11) is -2.04. The van der Waals surface area contributed by atoms with E-state index in [2.05, 4.69) is 401 Å². The average molecular weight is 1890 g/mol. The summed E-state index contributed by atoms with van der Waals surface area (Å²) >= 11 is 0. The molecule has 0 radical (unpaired) electrons. The topological polar surface area (TPSA) is 171 Å². The normalized spacial score (nSPS) is 11.6. The van der Waals surface area contributed by atoms with Gasteiger partial charge in [-0.05, 0) is 231 Å². The molecule has 0 aliphatic rings. The molecular weight excluding hydrogens is 1810 g/mol. The third kappa shape index (κ3) is 14.4. The molecule has 686 valence electrons. The van der Waals surface area contributed by atoms with Crippen molar-refractivity contribution in [2.45, 2.75) is 13.1 Å². The number of fused-ring (bicyclic) bond motifs is 24. The van der Waals surface area contributed by atoms with Crippen molar-refractivity contribution in [3.8, 4) is 76.1 Å². The highest BCUT2D eigenvalue weighted by Gasteiger charge is 2.30. The zero-order chi connectivity index (χ0) is 98.7. The Morgan fingerprint density at radius 3 is 0.531 bits per heavy atom. The molecule has 14 nitrogen and oxygen atoms in total. The summed E-state index contributed by atoms with van der Waals surface area (Å²) in [5.41, 5.74) is 28.0. The molecule has 0 unspecified atom stereocenters. The second-order valence-corrected chi connectivity index (χ2v) is 42.1. The summed E-state index contributed by atoms with van der Waals surface area (Å²) in [5, 5.41) is 68.7. The molecule has 0 bridgehead atoms. The zero-order valence-corrected chi connectivity index (χ0v) is 80.8. The van der Waals surface area contributed by atoms with Crippen LogP contribution in [0.2, 0.25) is 13.1 Å². The molecule has 0 amide bonds. The third-order valence-electron chi connectivity index (χ3n) is 29.3. The fourth-order valence-electron chi connectivity index (χ4n) is 22.6. The highest BCUT2D eigenvalue weighted by atomic mass is 28.3. The Hall–Kier alpha value is -20.4. The molecule has 9 heterocycles. The zero-order valence-electron chi connectivity index (χ0n) is 79.8. The van der Waals surface area contributed by atoms with Gasteiger partial charge in [0.15, 0.2) is 0 Å². The first-order valence-electron chi connectivity index (χ1n) is 49.0. The molecule has 0 aliphatic carbocycles. The van der Waals surface area contributed by atoms with Gasteiger partial charge >= 0.3 is 0 Å². The van der Waals surface area contributed by atoms with Crippen LogP contribution in [-0.2, 0) is 0 Å². The largest absolute Gasteiger partial charge is 0.309 e. The summed E-state index contributed by atoms with van der Waals surface area (Å²) in [6.07, 6.45) is 0. The van der Waals surface area contributed by atoms with E-state index >= 15 is 0 Å². The monoisotopic (exact) mass is 1890 g/mol. The maximum Gasteiger partial charge on any atom is 0.140 e. The minimum atomic E-state index is -2.04. The molecule has 29 rings (SSSR count). The highest BCUT2D eigenvalue weighted by Crippen LogP contribution is 2.43. The molecular formula is C132H84N14Si. The van der Waals surface area contributed by atoms with Gasteiger partial charge in [0.05, 0.1) is 146 Å². The van der Waals surface area contributed by atoms with Crippen molar-refractivity contribution < 1.29 is 0 Å². The quantitative estimate of drug-likeness (QED) is 0.123. The summed E-state index contributed by atoms with van der Waals surface area (Å²) in [4.78, 5) is 5.14. The van der Waals surface area contributed by atoms with Crippen LogP contribution in [-0.4, -0.2) is 49.6 Å². The fraction of sp³-hybridized carbons (Fsp3) is 0.0152. The van der Waals surface area contributed by atoms with Crippen molar-refractivity contribution in [1.29, 1.82) is 26.3 Å². The molecule has 29 aromatic rings. The second kappa shape index (κ2) is 35.4. The fourth-order valence-corrected chi connectivity index (χ4v) is 25.0. The van der Waals surface area contributed by atoms with Crippen molar-refractivity contribution in [2.75, 3.05) is 0 Å². The first-order chi connectivity index (χ1) is 72.5. The Morgan fingerprint density at radius 1 is 0.156 bits per heavy atom. The minimum absolute atomic E-state index is 0.633. The van der Waals surface area contributed by atoms with Crippen molar-refractivity contribution in [1.82, 2.24) is 41.5 Å². The predicted octanol–water partition coefficient (Wildman–Crippen LogP) is 31.1. The van der Waals surface area contributed by atoms with Crippen LogP contribution in [0, 0.1) is 56.7 Å². The number of rotatable bonds is 10. The third-order valence-corrected chi connectivity index (χ3v) is 32.8. The Balaban J connectivity index is 0.0000000996. The molecule has 20 aromatic carbocycles. The number of pyridine rings is 1. The lowest BCUT2D eigenvalue weighted by Crippen LogP contribution is -2.53. The van der Waals surface area contributed by atoms with E-state index in [1.807, 2.05) is 152 Å².